The average molecular weight is 363 g/mol. The standard InChI is InChI=1S/C20H21N5O2/c1-13-16-6-5-15(12-18(16)24-23-13)22-19(26)14-7-10-25(11-8-14)20(27)17-4-2-3-9-21-17/h2-6,9,12,14H,7-8,10-11H2,1H3,(H,22,26)(H,23,24). The Hall–Kier alpha value is -3.22. The molecule has 0 unspecified atom stereocenters. The summed E-state index contributed by atoms with van der Waals surface area (Å²) in [6.07, 6.45) is 2.91. The Morgan fingerprint density at radius 2 is 2.00 bits per heavy atom. The van der Waals surface area contributed by atoms with Crippen molar-refractivity contribution in [1.82, 2.24) is 20.1 Å². The number of hydrogen-bond acceptors (Lipinski definition) is 4. The molecule has 2 aromatic heterocycles. The summed E-state index contributed by atoms with van der Waals surface area (Å²) in [6, 6.07) is 11.0. The van der Waals surface area contributed by atoms with E-state index in [2.05, 4.69) is 20.5 Å². The number of anilines is 1. The molecule has 7 heteroatoms. The number of nitrogens with one attached hydrogen (secondary N) is 2. The second-order valence-electron chi connectivity index (χ2n) is 6.85. The Morgan fingerprint density at radius 3 is 2.74 bits per heavy atom. The smallest absolute Gasteiger partial charge is 0.272 e. The van der Waals surface area contributed by atoms with Gasteiger partial charge in [-0.15, -0.1) is 0 Å². The normalized spacial score (nSPS) is 15.1. The van der Waals surface area contributed by atoms with Crippen molar-refractivity contribution in [3.63, 3.8) is 0 Å². The van der Waals surface area contributed by atoms with Gasteiger partial charge in [0.2, 0.25) is 5.91 Å². The lowest BCUT2D eigenvalue weighted by Gasteiger charge is -2.31. The van der Waals surface area contributed by atoms with Gasteiger partial charge in [0.15, 0.2) is 0 Å². The number of amides is 2. The third kappa shape index (κ3) is 3.53. The third-order valence-corrected chi connectivity index (χ3v) is 5.05. The predicted octanol–water partition coefficient (Wildman–Crippen LogP) is 2.76. The zero-order valence-electron chi connectivity index (χ0n) is 15.1. The molecule has 1 aliphatic heterocycles. The Kier molecular flexibility index (Phi) is 4.58. The molecule has 0 aliphatic carbocycles. The molecular weight excluding hydrogens is 342 g/mol. The molecule has 3 aromatic rings. The molecule has 1 aliphatic rings. The molecular formula is C20H21N5O2. The number of hydrogen-bond donors (Lipinski definition) is 2. The van der Waals surface area contributed by atoms with E-state index in [1.807, 2.05) is 25.1 Å². The second kappa shape index (κ2) is 7.19. The largest absolute Gasteiger partial charge is 0.337 e. The number of benzene rings is 1. The van der Waals surface area contributed by atoms with Gasteiger partial charge >= 0.3 is 0 Å². The molecule has 1 aromatic carbocycles. The fourth-order valence-corrected chi connectivity index (χ4v) is 3.46. The van der Waals surface area contributed by atoms with Gasteiger partial charge in [0.05, 0.1) is 5.52 Å². The van der Waals surface area contributed by atoms with Crippen molar-refractivity contribution >= 4 is 28.4 Å². The zero-order chi connectivity index (χ0) is 18.8. The molecule has 27 heavy (non-hydrogen) atoms. The van der Waals surface area contributed by atoms with Crippen LogP contribution in [0.5, 0.6) is 0 Å². The van der Waals surface area contributed by atoms with Gasteiger partial charge < -0.3 is 10.2 Å². The molecule has 7 nitrogen and oxygen atoms in total. The van der Waals surface area contributed by atoms with Gasteiger partial charge in [0.1, 0.15) is 5.69 Å². The number of carbonyl (C=O) groups is 2. The van der Waals surface area contributed by atoms with Crippen molar-refractivity contribution in [3.05, 3.63) is 54.0 Å². The molecule has 0 bridgehead atoms. The first-order valence-corrected chi connectivity index (χ1v) is 9.08. The Balaban J connectivity index is 1.36. The van der Waals surface area contributed by atoms with Crippen molar-refractivity contribution in [2.24, 2.45) is 5.92 Å². The summed E-state index contributed by atoms with van der Waals surface area (Å²) in [5.74, 6) is -0.185. The molecule has 2 amide bonds. The zero-order valence-corrected chi connectivity index (χ0v) is 15.1. The highest BCUT2D eigenvalue weighted by atomic mass is 16.2. The molecule has 0 radical (unpaired) electrons. The van der Waals surface area contributed by atoms with Crippen molar-refractivity contribution in [1.29, 1.82) is 0 Å². The lowest BCUT2D eigenvalue weighted by molar-refractivity contribution is -0.121. The first kappa shape index (κ1) is 17.2. The predicted molar refractivity (Wildman–Crippen MR) is 102 cm³/mol. The average Bonchev–Trinajstić information content (AvgIpc) is 3.08. The van der Waals surface area contributed by atoms with Crippen LogP contribution in [0.15, 0.2) is 42.6 Å². The van der Waals surface area contributed by atoms with Gasteiger partial charge in [-0.3, -0.25) is 19.7 Å². The third-order valence-electron chi connectivity index (χ3n) is 5.05. The van der Waals surface area contributed by atoms with E-state index in [9.17, 15) is 9.59 Å². The van der Waals surface area contributed by atoms with Crippen LogP contribution in [0.2, 0.25) is 0 Å². The quantitative estimate of drug-likeness (QED) is 0.749. The maximum Gasteiger partial charge on any atom is 0.272 e. The summed E-state index contributed by atoms with van der Waals surface area (Å²) >= 11 is 0. The number of likely N-dealkylation sites (tertiary alicyclic amines) is 1. The molecule has 4 rings (SSSR count). The van der Waals surface area contributed by atoms with Gasteiger partial charge in [-0.2, -0.15) is 5.10 Å². The van der Waals surface area contributed by atoms with E-state index >= 15 is 0 Å². The molecule has 3 heterocycles. The minimum atomic E-state index is -0.102. The van der Waals surface area contributed by atoms with E-state index in [-0.39, 0.29) is 17.7 Å². The summed E-state index contributed by atoms with van der Waals surface area (Å²) < 4.78 is 0. The topological polar surface area (TPSA) is 91.0 Å². The van der Waals surface area contributed by atoms with E-state index in [0.717, 1.165) is 22.3 Å². The number of aromatic nitrogens is 3. The maximum absolute atomic E-state index is 12.6. The Labute approximate surface area is 156 Å². The highest BCUT2D eigenvalue weighted by Crippen LogP contribution is 2.23. The van der Waals surface area contributed by atoms with Crippen LogP contribution in [0, 0.1) is 12.8 Å². The van der Waals surface area contributed by atoms with Crippen LogP contribution in [-0.4, -0.2) is 45.0 Å². The number of piperidine rings is 1. The lowest BCUT2D eigenvalue weighted by atomic mass is 9.95. The SMILES string of the molecule is Cc1[nH]nc2cc(NC(=O)C3CCN(C(=O)c4ccccn4)CC3)ccc12. The van der Waals surface area contributed by atoms with E-state index in [1.54, 1.807) is 29.3 Å². The van der Waals surface area contributed by atoms with Gasteiger partial charge in [-0.05, 0) is 50.1 Å². The maximum atomic E-state index is 12.6. The molecule has 0 spiro atoms. The number of H-pyrrole nitrogens is 1. The van der Waals surface area contributed by atoms with E-state index in [1.165, 1.54) is 0 Å². The number of fused-ring (bicyclic) bond motifs is 1. The summed E-state index contributed by atoms with van der Waals surface area (Å²) in [7, 11) is 0. The minimum Gasteiger partial charge on any atom is -0.337 e. The monoisotopic (exact) mass is 363 g/mol. The van der Waals surface area contributed by atoms with E-state index in [4.69, 9.17) is 0 Å². The number of pyridine rings is 1. The van der Waals surface area contributed by atoms with E-state index in [0.29, 0.717) is 31.6 Å². The summed E-state index contributed by atoms with van der Waals surface area (Å²) in [5.41, 5.74) is 3.03. The van der Waals surface area contributed by atoms with E-state index < -0.39 is 0 Å². The number of rotatable bonds is 3. The molecule has 1 saturated heterocycles. The fourth-order valence-electron chi connectivity index (χ4n) is 3.46. The Morgan fingerprint density at radius 1 is 1.19 bits per heavy atom. The van der Waals surface area contributed by atoms with Gasteiger partial charge in [-0.25, -0.2) is 0 Å². The molecule has 1 fully saturated rings. The number of aromatic amines is 1. The number of carbonyl (C=O) groups excluding carboxylic acids is 2. The molecule has 138 valence electrons. The van der Waals surface area contributed by atoms with Crippen LogP contribution in [0.1, 0.15) is 29.0 Å². The molecule has 0 saturated carbocycles. The summed E-state index contributed by atoms with van der Waals surface area (Å²) in [5, 5.41) is 11.2. The van der Waals surface area contributed by atoms with Gasteiger partial charge in [0.25, 0.3) is 5.91 Å². The first-order chi connectivity index (χ1) is 13.1. The lowest BCUT2D eigenvalue weighted by Crippen LogP contribution is -2.41. The van der Waals surface area contributed by atoms with Crippen LogP contribution < -0.4 is 5.32 Å². The summed E-state index contributed by atoms with van der Waals surface area (Å²) in [4.78, 5) is 30.9. The van der Waals surface area contributed by atoms with Crippen molar-refractivity contribution in [2.75, 3.05) is 18.4 Å². The fraction of sp³-hybridized carbons (Fsp3) is 0.300. The van der Waals surface area contributed by atoms with Crippen LogP contribution >= 0.6 is 0 Å². The second-order valence-corrected chi connectivity index (χ2v) is 6.85. The highest BCUT2D eigenvalue weighted by Gasteiger charge is 2.28. The first-order valence-electron chi connectivity index (χ1n) is 9.08. The number of nitrogens with zero attached hydrogens (tertiary/aromatic N) is 3. The van der Waals surface area contributed by atoms with Crippen LogP contribution in [0.25, 0.3) is 10.9 Å². The van der Waals surface area contributed by atoms with Gasteiger partial charge in [-0.1, -0.05) is 6.07 Å². The minimum absolute atomic E-state index is 0.00783. The Bertz CT molecular complexity index is 974. The van der Waals surface area contributed by atoms with Crippen molar-refractivity contribution < 1.29 is 9.59 Å². The van der Waals surface area contributed by atoms with Gasteiger partial charge in [0, 0.05) is 42.0 Å². The van der Waals surface area contributed by atoms with Crippen molar-refractivity contribution in [3.8, 4) is 0 Å². The molecule has 2 N–H and O–H groups in total. The van der Waals surface area contributed by atoms with Crippen LogP contribution in [0.4, 0.5) is 5.69 Å². The van der Waals surface area contributed by atoms with Crippen LogP contribution in [0.3, 0.4) is 0 Å². The molecule has 0 atom stereocenters. The highest BCUT2D eigenvalue weighted by molar-refractivity contribution is 5.96. The number of aryl methyl sites for hydroxylation is 1. The van der Waals surface area contributed by atoms with Crippen molar-refractivity contribution in [2.45, 2.75) is 19.8 Å². The van der Waals surface area contributed by atoms with Crippen LogP contribution in [-0.2, 0) is 4.79 Å². The summed E-state index contributed by atoms with van der Waals surface area (Å²) in [6.45, 7) is 3.09.